The standard InChI is InChI=1S/C29H53N.ClH/c1-5-7-9-11-13-15-17-19-22-26-23-21-25-28(29(3,4)30)27(26)24-20-18-16-14-12-10-8-6-2;/h21,23,25H,5-20,22,24,30H2,1-4H3;1H. The van der Waals surface area contributed by atoms with Gasteiger partial charge in [0.05, 0.1) is 0 Å². The maximum Gasteiger partial charge on any atom is 0.0355 e. The molecule has 0 fully saturated rings. The maximum absolute atomic E-state index is 6.56. The third-order valence-electron chi connectivity index (χ3n) is 6.55. The van der Waals surface area contributed by atoms with Crippen molar-refractivity contribution in [2.75, 3.05) is 0 Å². The molecular formula is C29H54ClN. The highest BCUT2D eigenvalue weighted by molar-refractivity contribution is 5.85. The van der Waals surface area contributed by atoms with Gasteiger partial charge in [-0.2, -0.15) is 0 Å². The summed E-state index contributed by atoms with van der Waals surface area (Å²) in [5.41, 5.74) is 10.8. The first-order chi connectivity index (χ1) is 14.5. The quantitative estimate of drug-likeness (QED) is 0.208. The number of rotatable bonds is 19. The van der Waals surface area contributed by atoms with Crippen LogP contribution in [0.25, 0.3) is 0 Å². The molecule has 0 unspecified atom stereocenters. The fourth-order valence-corrected chi connectivity index (χ4v) is 4.65. The van der Waals surface area contributed by atoms with E-state index in [0.717, 1.165) is 0 Å². The number of unbranched alkanes of at least 4 members (excludes halogenated alkanes) is 14. The van der Waals surface area contributed by atoms with Crippen LogP contribution in [-0.4, -0.2) is 0 Å². The van der Waals surface area contributed by atoms with Gasteiger partial charge in [-0.3, -0.25) is 0 Å². The highest BCUT2D eigenvalue weighted by Crippen LogP contribution is 2.27. The van der Waals surface area contributed by atoms with Crippen molar-refractivity contribution in [3.8, 4) is 0 Å². The molecule has 0 saturated heterocycles. The van der Waals surface area contributed by atoms with Crippen molar-refractivity contribution in [3.63, 3.8) is 0 Å². The number of halogens is 1. The van der Waals surface area contributed by atoms with Crippen molar-refractivity contribution in [2.24, 2.45) is 5.73 Å². The molecule has 0 atom stereocenters. The lowest BCUT2D eigenvalue weighted by Crippen LogP contribution is -2.30. The highest BCUT2D eigenvalue weighted by Gasteiger charge is 2.20. The largest absolute Gasteiger partial charge is 0.322 e. The molecular weight excluding hydrogens is 398 g/mol. The summed E-state index contributed by atoms with van der Waals surface area (Å²) >= 11 is 0. The van der Waals surface area contributed by atoms with Gasteiger partial charge in [0, 0.05) is 5.54 Å². The van der Waals surface area contributed by atoms with Gasteiger partial charge in [-0.25, -0.2) is 0 Å². The predicted octanol–water partition coefficient (Wildman–Crippen LogP) is 9.67. The van der Waals surface area contributed by atoms with Crippen LogP contribution in [0.4, 0.5) is 0 Å². The van der Waals surface area contributed by atoms with Crippen LogP contribution in [0.15, 0.2) is 18.2 Å². The van der Waals surface area contributed by atoms with Gasteiger partial charge < -0.3 is 5.73 Å². The van der Waals surface area contributed by atoms with E-state index in [4.69, 9.17) is 5.73 Å². The summed E-state index contributed by atoms with van der Waals surface area (Å²) in [7, 11) is 0. The molecule has 182 valence electrons. The van der Waals surface area contributed by atoms with Gasteiger partial charge in [0.1, 0.15) is 0 Å². The monoisotopic (exact) mass is 451 g/mol. The Morgan fingerprint density at radius 1 is 0.613 bits per heavy atom. The topological polar surface area (TPSA) is 26.0 Å². The summed E-state index contributed by atoms with van der Waals surface area (Å²) in [6.45, 7) is 8.92. The first-order valence-corrected chi connectivity index (χ1v) is 13.4. The first-order valence-electron chi connectivity index (χ1n) is 13.4. The molecule has 0 spiro atoms. The zero-order valence-corrected chi connectivity index (χ0v) is 22.3. The molecule has 0 heterocycles. The molecule has 0 aliphatic rings. The predicted molar refractivity (Wildman–Crippen MR) is 144 cm³/mol. The van der Waals surface area contributed by atoms with Gasteiger partial charge in [-0.05, 0) is 56.2 Å². The summed E-state index contributed by atoms with van der Waals surface area (Å²) in [5.74, 6) is 0. The lowest BCUT2D eigenvalue weighted by molar-refractivity contribution is 0.537. The Balaban J connectivity index is 0.00000900. The summed E-state index contributed by atoms with van der Waals surface area (Å²) in [4.78, 5) is 0. The molecule has 1 aromatic carbocycles. The van der Waals surface area contributed by atoms with Gasteiger partial charge in [-0.1, -0.05) is 122 Å². The molecule has 0 bridgehead atoms. The zero-order chi connectivity index (χ0) is 22.1. The number of hydrogen-bond acceptors (Lipinski definition) is 1. The fourth-order valence-electron chi connectivity index (χ4n) is 4.65. The summed E-state index contributed by atoms with van der Waals surface area (Å²) in [6.07, 6.45) is 24.6. The molecule has 1 nitrogen and oxygen atoms in total. The molecule has 2 heteroatoms. The molecule has 0 aromatic heterocycles. The Kier molecular flexibility index (Phi) is 18.7. The van der Waals surface area contributed by atoms with Crippen molar-refractivity contribution in [2.45, 2.75) is 149 Å². The molecule has 31 heavy (non-hydrogen) atoms. The second kappa shape index (κ2) is 19.0. The summed E-state index contributed by atoms with van der Waals surface area (Å²) in [5, 5.41) is 0. The van der Waals surface area contributed by atoms with E-state index >= 15 is 0 Å². The average Bonchev–Trinajstić information content (AvgIpc) is 2.71. The van der Waals surface area contributed by atoms with Crippen LogP contribution in [0.5, 0.6) is 0 Å². The SMILES string of the molecule is CCCCCCCCCCc1cccc(C(C)(C)N)c1CCCCCCCCCC.Cl. The number of nitrogens with two attached hydrogens (primary N) is 1. The first kappa shape index (κ1) is 30.5. The third kappa shape index (κ3) is 14.3. The van der Waals surface area contributed by atoms with E-state index in [0.29, 0.717) is 0 Å². The minimum Gasteiger partial charge on any atom is -0.322 e. The van der Waals surface area contributed by atoms with Crippen molar-refractivity contribution in [1.29, 1.82) is 0 Å². The van der Waals surface area contributed by atoms with E-state index in [9.17, 15) is 0 Å². The van der Waals surface area contributed by atoms with Gasteiger partial charge in [0.15, 0.2) is 0 Å². The summed E-state index contributed by atoms with van der Waals surface area (Å²) in [6, 6.07) is 6.88. The van der Waals surface area contributed by atoms with E-state index in [-0.39, 0.29) is 17.9 Å². The number of hydrogen-bond donors (Lipinski definition) is 1. The fraction of sp³-hybridized carbons (Fsp3) is 0.793. The summed E-state index contributed by atoms with van der Waals surface area (Å²) < 4.78 is 0. The van der Waals surface area contributed by atoms with Crippen LogP contribution in [0.1, 0.15) is 147 Å². The van der Waals surface area contributed by atoms with E-state index in [1.807, 2.05) is 0 Å². The van der Waals surface area contributed by atoms with Gasteiger partial charge in [0.2, 0.25) is 0 Å². The molecule has 0 aliphatic heterocycles. The second-order valence-electron chi connectivity index (χ2n) is 10.1. The van der Waals surface area contributed by atoms with E-state index in [2.05, 4.69) is 45.9 Å². The molecule has 0 amide bonds. The van der Waals surface area contributed by atoms with Gasteiger partial charge in [0.25, 0.3) is 0 Å². The van der Waals surface area contributed by atoms with E-state index < -0.39 is 0 Å². The molecule has 0 saturated carbocycles. The van der Waals surface area contributed by atoms with E-state index in [1.54, 1.807) is 11.1 Å². The minimum absolute atomic E-state index is 0. The van der Waals surface area contributed by atoms with Crippen LogP contribution in [0.3, 0.4) is 0 Å². The van der Waals surface area contributed by atoms with Crippen molar-refractivity contribution < 1.29 is 0 Å². The van der Waals surface area contributed by atoms with E-state index in [1.165, 1.54) is 121 Å². The minimum atomic E-state index is -0.245. The Morgan fingerprint density at radius 2 is 1.03 bits per heavy atom. The lowest BCUT2D eigenvalue weighted by Gasteiger charge is -2.25. The zero-order valence-electron chi connectivity index (χ0n) is 21.4. The van der Waals surface area contributed by atoms with Crippen molar-refractivity contribution >= 4 is 12.4 Å². The molecule has 0 radical (unpaired) electrons. The second-order valence-corrected chi connectivity index (χ2v) is 10.1. The Morgan fingerprint density at radius 3 is 1.48 bits per heavy atom. The molecule has 1 rings (SSSR count). The Labute approximate surface area is 201 Å². The Bertz CT molecular complexity index is 532. The van der Waals surface area contributed by atoms with Crippen molar-refractivity contribution in [3.05, 3.63) is 34.9 Å². The normalized spacial score (nSPS) is 11.5. The van der Waals surface area contributed by atoms with Gasteiger partial charge >= 0.3 is 0 Å². The van der Waals surface area contributed by atoms with Crippen LogP contribution in [-0.2, 0) is 18.4 Å². The number of benzene rings is 1. The van der Waals surface area contributed by atoms with Crippen LogP contribution in [0, 0.1) is 0 Å². The van der Waals surface area contributed by atoms with Gasteiger partial charge in [-0.15, -0.1) is 12.4 Å². The van der Waals surface area contributed by atoms with Crippen LogP contribution in [0.2, 0.25) is 0 Å². The molecule has 2 N–H and O–H groups in total. The lowest BCUT2D eigenvalue weighted by atomic mass is 9.84. The highest BCUT2D eigenvalue weighted by atomic mass is 35.5. The number of aryl methyl sites for hydroxylation is 1. The van der Waals surface area contributed by atoms with Crippen molar-refractivity contribution in [1.82, 2.24) is 0 Å². The third-order valence-corrected chi connectivity index (χ3v) is 6.55. The smallest absolute Gasteiger partial charge is 0.0355 e. The molecule has 1 aromatic rings. The van der Waals surface area contributed by atoms with Crippen LogP contribution >= 0.6 is 12.4 Å². The Hall–Kier alpha value is -0.530. The maximum atomic E-state index is 6.56. The van der Waals surface area contributed by atoms with Crippen LogP contribution < -0.4 is 5.73 Å². The molecule has 0 aliphatic carbocycles. The average molecular weight is 452 g/mol.